The molecular formula is C6H7ClORu. The first-order valence-electron chi connectivity index (χ1n) is 2.13. The zero-order valence-corrected chi connectivity index (χ0v) is 7.15. The van der Waals surface area contributed by atoms with Crippen LogP contribution in [0.15, 0.2) is 30.3 Å². The van der Waals surface area contributed by atoms with Gasteiger partial charge < -0.3 is 5.11 Å². The van der Waals surface area contributed by atoms with Crippen LogP contribution in [0, 0.1) is 0 Å². The number of phenols is 1. The molecule has 52 valence electrons. The summed E-state index contributed by atoms with van der Waals surface area (Å²) in [7, 11) is 0. The number of hydrogen-bond donors (Lipinski definition) is 1. The Hall–Kier alpha value is -0.0666. The van der Waals surface area contributed by atoms with Crippen molar-refractivity contribution in [3.63, 3.8) is 0 Å². The zero-order chi connectivity index (χ0) is 5.11. The van der Waals surface area contributed by atoms with Crippen molar-refractivity contribution in [2.75, 3.05) is 0 Å². The van der Waals surface area contributed by atoms with Crippen LogP contribution in [-0.4, -0.2) is 5.11 Å². The van der Waals surface area contributed by atoms with Crippen molar-refractivity contribution >= 4 is 12.4 Å². The maximum absolute atomic E-state index is 8.63. The van der Waals surface area contributed by atoms with Crippen LogP contribution in [0.5, 0.6) is 5.75 Å². The van der Waals surface area contributed by atoms with Crippen LogP contribution < -0.4 is 0 Å². The fraction of sp³-hybridized carbons (Fsp3) is 0. The van der Waals surface area contributed by atoms with Gasteiger partial charge in [0.05, 0.1) is 0 Å². The molecule has 0 aliphatic rings. The fourth-order valence-corrected chi connectivity index (χ4v) is 0.428. The Morgan fingerprint density at radius 3 is 1.67 bits per heavy atom. The average Bonchev–Trinajstić information content (AvgIpc) is 1.69. The van der Waals surface area contributed by atoms with Crippen LogP contribution in [0.25, 0.3) is 0 Å². The van der Waals surface area contributed by atoms with Crippen LogP contribution in [0.1, 0.15) is 0 Å². The van der Waals surface area contributed by atoms with Crippen molar-refractivity contribution in [3.05, 3.63) is 30.3 Å². The van der Waals surface area contributed by atoms with E-state index in [1.807, 2.05) is 6.07 Å². The van der Waals surface area contributed by atoms with Crippen LogP contribution in [0.2, 0.25) is 0 Å². The molecule has 1 N–H and O–H groups in total. The predicted molar refractivity (Wildman–Crippen MR) is 35.4 cm³/mol. The number of rotatable bonds is 0. The number of benzene rings is 1. The number of phenolic OH excluding ortho intramolecular Hbond substituents is 1. The molecule has 0 bridgehead atoms. The van der Waals surface area contributed by atoms with Crippen molar-refractivity contribution in [3.8, 4) is 5.75 Å². The zero-order valence-electron chi connectivity index (χ0n) is 4.60. The molecule has 0 aromatic heterocycles. The van der Waals surface area contributed by atoms with E-state index in [9.17, 15) is 0 Å². The minimum Gasteiger partial charge on any atom is -0.508 e. The minimum absolute atomic E-state index is 0. The summed E-state index contributed by atoms with van der Waals surface area (Å²) in [6.45, 7) is 0. The number of aromatic hydroxyl groups is 1. The van der Waals surface area contributed by atoms with E-state index < -0.39 is 0 Å². The third-order valence-electron chi connectivity index (χ3n) is 0.756. The van der Waals surface area contributed by atoms with Crippen molar-refractivity contribution in [1.29, 1.82) is 0 Å². The molecule has 0 aliphatic carbocycles. The average molecular weight is 232 g/mol. The Balaban J connectivity index is 0. The molecule has 0 fully saturated rings. The summed E-state index contributed by atoms with van der Waals surface area (Å²) < 4.78 is 0. The molecule has 0 radical (unpaired) electrons. The molecule has 1 aromatic carbocycles. The molecule has 3 heteroatoms. The normalized spacial score (nSPS) is 6.67. The van der Waals surface area contributed by atoms with Gasteiger partial charge in [0.15, 0.2) is 0 Å². The summed E-state index contributed by atoms with van der Waals surface area (Å²) in [6, 6.07) is 8.71. The van der Waals surface area contributed by atoms with Gasteiger partial charge in [0, 0.05) is 19.5 Å². The van der Waals surface area contributed by atoms with Crippen molar-refractivity contribution in [1.82, 2.24) is 0 Å². The Morgan fingerprint density at radius 1 is 1.00 bits per heavy atom. The summed E-state index contributed by atoms with van der Waals surface area (Å²) >= 11 is 0. The maximum Gasteiger partial charge on any atom is 0.115 e. The third kappa shape index (κ3) is 4.44. The van der Waals surface area contributed by atoms with Gasteiger partial charge in [-0.15, -0.1) is 12.4 Å². The molecule has 0 aliphatic heterocycles. The second kappa shape index (κ2) is 6.06. The minimum atomic E-state index is 0. The van der Waals surface area contributed by atoms with Gasteiger partial charge >= 0.3 is 0 Å². The molecule has 0 saturated carbocycles. The number of halogens is 1. The van der Waals surface area contributed by atoms with Crippen LogP contribution in [0.4, 0.5) is 0 Å². The fourth-order valence-electron chi connectivity index (χ4n) is 0.428. The molecule has 9 heavy (non-hydrogen) atoms. The van der Waals surface area contributed by atoms with E-state index in [-0.39, 0.29) is 31.9 Å². The molecule has 0 spiro atoms. The van der Waals surface area contributed by atoms with Gasteiger partial charge in [-0.3, -0.25) is 0 Å². The van der Waals surface area contributed by atoms with Gasteiger partial charge in [-0.25, -0.2) is 0 Å². The first kappa shape index (κ1) is 11.7. The Bertz CT molecular complexity index is 143. The summed E-state index contributed by atoms with van der Waals surface area (Å²) in [5.41, 5.74) is 0. The van der Waals surface area contributed by atoms with Crippen molar-refractivity contribution < 1.29 is 24.6 Å². The van der Waals surface area contributed by atoms with Crippen molar-refractivity contribution in [2.45, 2.75) is 0 Å². The monoisotopic (exact) mass is 232 g/mol. The van der Waals surface area contributed by atoms with E-state index in [1.54, 1.807) is 24.3 Å². The van der Waals surface area contributed by atoms with Crippen LogP contribution in [-0.2, 0) is 19.5 Å². The standard InChI is InChI=1S/C6H6O.ClH.Ru/c7-6-4-2-1-3-5-6;;/h1-5,7H;1H;. The summed E-state index contributed by atoms with van der Waals surface area (Å²) in [5.74, 6) is 0.322. The number of hydrogen-bond acceptors (Lipinski definition) is 1. The largest absolute Gasteiger partial charge is 0.508 e. The van der Waals surface area contributed by atoms with Gasteiger partial charge in [-0.05, 0) is 12.1 Å². The smallest absolute Gasteiger partial charge is 0.115 e. The maximum atomic E-state index is 8.63. The van der Waals surface area contributed by atoms with Gasteiger partial charge in [0.2, 0.25) is 0 Å². The van der Waals surface area contributed by atoms with E-state index in [0.717, 1.165) is 0 Å². The molecule has 1 nitrogen and oxygen atoms in total. The second-order valence-electron chi connectivity index (χ2n) is 1.34. The van der Waals surface area contributed by atoms with Gasteiger partial charge in [0.25, 0.3) is 0 Å². The molecule has 1 rings (SSSR count). The topological polar surface area (TPSA) is 20.2 Å². The predicted octanol–water partition coefficient (Wildman–Crippen LogP) is 1.81. The SMILES string of the molecule is Cl.Oc1ccccc1.[Ru]. The van der Waals surface area contributed by atoms with Crippen LogP contribution in [0.3, 0.4) is 0 Å². The van der Waals surface area contributed by atoms with Crippen LogP contribution >= 0.6 is 12.4 Å². The molecule has 0 unspecified atom stereocenters. The van der Waals surface area contributed by atoms with E-state index >= 15 is 0 Å². The van der Waals surface area contributed by atoms with Crippen molar-refractivity contribution in [2.24, 2.45) is 0 Å². The number of para-hydroxylation sites is 1. The second-order valence-corrected chi connectivity index (χ2v) is 1.34. The first-order valence-corrected chi connectivity index (χ1v) is 2.13. The molecule has 1 aromatic rings. The van der Waals surface area contributed by atoms with E-state index in [4.69, 9.17) is 5.11 Å². The van der Waals surface area contributed by atoms with Gasteiger partial charge in [0.1, 0.15) is 5.75 Å². The quantitative estimate of drug-likeness (QED) is 0.676. The molecule has 0 atom stereocenters. The van der Waals surface area contributed by atoms with Gasteiger partial charge in [-0.2, -0.15) is 0 Å². The first-order chi connectivity index (χ1) is 3.39. The van der Waals surface area contributed by atoms with E-state index in [2.05, 4.69) is 0 Å². The molecule has 0 saturated heterocycles. The van der Waals surface area contributed by atoms with E-state index in [0.29, 0.717) is 5.75 Å². The molecule has 0 heterocycles. The summed E-state index contributed by atoms with van der Waals surface area (Å²) in [5, 5.41) is 8.63. The summed E-state index contributed by atoms with van der Waals surface area (Å²) in [4.78, 5) is 0. The Morgan fingerprint density at radius 2 is 1.44 bits per heavy atom. The Kier molecular flexibility index (Phi) is 7.87. The summed E-state index contributed by atoms with van der Waals surface area (Å²) in [6.07, 6.45) is 0. The Labute approximate surface area is 73.3 Å². The van der Waals surface area contributed by atoms with Gasteiger partial charge in [-0.1, -0.05) is 18.2 Å². The third-order valence-corrected chi connectivity index (χ3v) is 0.756. The molecular weight excluding hydrogens is 225 g/mol. The van der Waals surface area contributed by atoms with E-state index in [1.165, 1.54) is 0 Å². The molecule has 0 amide bonds.